The number of hydrogen-bond acceptors (Lipinski definition) is 6. The highest BCUT2D eigenvalue weighted by molar-refractivity contribution is 7.14. The van der Waals surface area contributed by atoms with Crippen molar-refractivity contribution in [2.45, 2.75) is 12.8 Å². The van der Waals surface area contributed by atoms with Crippen LogP contribution in [0.5, 0.6) is 0 Å². The van der Waals surface area contributed by atoms with E-state index in [9.17, 15) is 4.79 Å². The first-order chi connectivity index (χ1) is 11.3. The van der Waals surface area contributed by atoms with Crippen molar-refractivity contribution in [3.8, 4) is 10.6 Å². The van der Waals surface area contributed by atoms with Gasteiger partial charge < -0.3 is 10.1 Å². The molecule has 0 atom stereocenters. The number of ether oxygens (including phenoxy) is 1. The van der Waals surface area contributed by atoms with Crippen molar-refractivity contribution in [2.75, 3.05) is 39.4 Å². The van der Waals surface area contributed by atoms with Gasteiger partial charge in [-0.3, -0.25) is 9.69 Å². The van der Waals surface area contributed by atoms with Crippen LogP contribution in [0.1, 0.15) is 12.1 Å². The number of aromatic nitrogens is 1. The summed E-state index contributed by atoms with van der Waals surface area (Å²) in [7, 11) is 0. The minimum absolute atomic E-state index is 0.0501. The predicted octanol–water partition coefficient (Wildman–Crippen LogP) is 2.25. The van der Waals surface area contributed by atoms with Crippen molar-refractivity contribution in [3.05, 3.63) is 27.9 Å². The zero-order valence-electron chi connectivity index (χ0n) is 13.0. The molecule has 0 spiro atoms. The van der Waals surface area contributed by atoms with Crippen LogP contribution in [-0.4, -0.2) is 55.2 Å². The van der Waals surface area contributed by atoms with Gasteiger partial charge in [0, 0.05) is 36.0 Å². The smallest absolute Gasteiger partial charge is 0.226 e. The van der Waals surface area contributed by atoms with Gasteiger partial charge in [-0.2, -0.15) is 11.3 Å². The Bertz CT molecular complexity index is 607. The maximum atomic E-state index is 12.0. The third-order valence-corrected chi connectivity index (χ3v) is 5.36. The molecule has 0 aromatic carbocycles. The summed E-state index contributed by atoms with van der Waals surface area (Å²) in [4.78, 5) is 18.9. The minimum atomic E-state index is 0.0501. The third-order valence-electron chi connectivity index (χ3n) is 3.74. The van der Waals surface area contributed by atoms with Gasteiger partial charge in [0.1, 0.15) is 5.01 Å². The van der Waals surface area contributed by atoms with Crippen LogP contribution in [0.2, 0.25) is 0 Å². The Morgan fingerprint density at radius 2 is 2.22 bits per heavy atom. The molecule has 1 saturated heterocycles. The molecule has 3 heterocycles. The first kappa shape index (κ1) is 16.6. The van der Waals surface area contributed by atoms with Gasteiger partial charge in [-0.05, 0) is 24.4 Å². The summed E-state index contributed by atoms with van der Waals surface area (Å²) in [6.45, 7) is 5.38. The normalized spacial score (nSPS) is 15.7. The number of thiophene rings is 1. The molecule has 1 aliphatic heterocycles. The fourth-order valence-corrected chi connectivity index (χ4v) is 4.02. The molecule has 1 aliphatic rings. The molecule has 0 bridgehead atoms. The lowest BCUT2D eigenvalue weighted by atomic mass is 10.3. The summed E-state index contributed by atoms with van der Waals surface area (Å²) in [6.07, 6.45) is 1.33. The molecule has 2 aromatic heterocycles. The third kappa shape index (κ3) is 5.10. The van der Waals surface area contributed by atoms with Crippen LogP contribution in [0.25, 0.3) is 10.6 Å². The molecule has 3 rings (SSSR count). The average molecular weight is 351 g/mol. The maximum absolute atomic E-state index is 12.0. The van der Waals surface area contributed by atoms with Crippen LogP contribution in [0, 0.1) is 0 Å². The predicted molar refractivity (Wildman–Crippen MR) is 94.0 cm³/mol. The molecule has 0 saturated carbocycles. The molecule has 0 unspecified atom stereocenters. The van der Waals surface area contributed by atoms with E-state index >= 15 is 0 Å². The molecular weight excluding hydrogens is 330 g/mol. The highest BCUT2D eigenvalue weighted by Crippen LogP contribution is 2.25. The van der Waals surface area contributed by atoms with Gasteiger partial charge in [-0.1, -0.05) is 0 Å². The lowest BCUT2D eigenvalue weighted by Gasteiger charge is -2.26. The van der Waals surface area contributed by atoms with Crippen molar-refractivity contribution in [2.24, 2.45) is 0 Å². The molecule has 124 valence electrons. The molecule has 23 heavy (non-hydrogen) atoms. The second kappa shape index (κ2) is 8.54. The molecule has 5 nitrogen and oxygen atoms in total. The topological polar surface area (TPSA) is 54.5 Å². The monoisotopic (exact) mass is 351 g/mol. The Morgan fingerprint density at radius 1 is 1.35 bits per heavy atom. The highest BCUT2D eigenvalue weighted by atomic mass is 32.1. The van der Waals surface area contributed by atoms with E-state index in [1.807, 2.05) is 10.8 Å². The zero-order valence-corrected chi connectivity index (χ0v) is 14.6. The van der Waals surface area contributed by atoms with Crippen LogP contribution < -0.4 is 5.32 Å². The van der Waals surface area contributed by atoms with E-state index in [4.69, 9.17) is 4.74 Å². The summed E-state index contributed by atoms with van der Waals surface area (Å²) in [6, 6.07) is 2.05. The van der Waals surface area contributed by atoms with Gasteiger partial charge in [0.15, 0.2) is 0 Å². The number of carbonyl (C=O) groups is 1. The SMILES string of the molecule is O=C(Cc1csc(-c2ccsc2)n1)NCCCN1CCOCC1. The standard InChI is InChI=1S/C16H21N3O2S2/c20-15(17-3-1-4-19-5-7-21-8-6-19)10-14-12-23-16(18-14)13-2-9-22-11-13/h2,9,11-12H,1,3-8,10H2,(H,17,20). The summed E-state index contributed by atoms with van der Waals surface area (Å²) in [5, 5.41) is 10.1. The summed E-state index contributed by atoms with van der Waals surface area (Å²) >= 11 is 3.25. The van der Waals surface area contributed by atoms with Crippen LogP contribution >= 0.6 is 22.7 Å². The van der Waals surface area contributed by atoms with Crippen LogP contribution in [0.15, 0.2) is 22.2 Å². The molecule has 0 aliphatic carbocycles. The number of morpholine rings is 1. The lowest BCUT2D eigenvalue weighted by Crippen LogP contribution is -2.38. The number of hydrogen-bond donors (Lipinski definition) is 1. The number of amides is 1. The fraction of sp³-hybridized carbons (Fsp3) is 0.500. The Hall–Kier alpha value is -1.28. The Labute approximate surface area is 144 Å². The highest BCUT2D eigenvalue weighted by Gasteiger charge is 2.11. The first-order valence-electron chi connectivity index (χ1n) is 7.85. The van der Waals surface area contributed by atoms with Crippen LogP contribution in [0.3, 0.4) is 0 Å². The Kier molecular flexibility index (Phi) is 6.15. The van der Waals surface area contributed by atoms with Crippen molar-refractivity contribution >= 4 is 28.6 Å². The van der Waals surface area contributed by atoms with Crippen molar-refractivity contribution in [1.82, 2.24) is 15.2 Å². The van der Waals surface area contributed by atoms with Crippen molar-refractivity contribution in [1.29, 1.82) is 0 Å². The van der Waals surface area contributed by atoms with Crippen LogP contribution in [-0.2, 0) is 16.0 Å². The van der Waals surface area contributed by atoms with Gasteiger partial charge in [0.2, 0.25) is 5.91 Å². The first-order valence-corrected chi connectivity index (χ1v) is 9.67. The number of nitrogens with one attached hydrogen (secondary N) is 1. The maximum Gasteiger partial charge on any atom is 0.226 e. The van der Waals surface area contributed by atoms with Gasteiger partial charge in [0.25, 0.3) is 0 Å². The second-order valence-electron chi connectivity index (χ2n) is 5.49. The van der Waals surface area contributed by atoms with E-state index in [0.717, 1.165) is 62.1 Å². The van der Waals surface area contributed by atoms with Gasteiger partial charge >= 0.3 is 0 Å². The van der Waals surface area contributed by atoms with Gasteiger partial charge in [-0.15, -0.1) is 11.3 Å². The molecule has 1 fully saturated rings. The number of thiazole rings is 1. The molecule has 1 amide bonds. The second-order valence-corrected chi connectivity index (χ2v) is 7.13. The summed E-state index contributed by atoms with van der Waals surface area (Å²) in [5.41, 5.74) is 1.99. The number of carbonyl (C=O) groups excluding carboxylic acids is 1. The van der Waals surface area contributed by atoms with Gasteiger partial charge in [-0.25, -0.2) is 4.98 Å². The van der Waals surface area contributed by atoms with E-state index in [-0.39, 0.29) is 5.91 Å². The van der Waals surface area contributed by atoms with E-state index in [1.54, 1.807) is 22.7 Å². The molecular formula is C16H21N3O2S2. The summed E-state index contributed by atoms with van der Waals surface area (Å²) in [5.74, 6) is 0.0501. The summed E-state index contributed by atoms with van der Waals surface area (Å²) < 4.78 is 5.32. The van der Waals surface area contributed by atoms with E-state index < -0.39 is 0 Å². The van der Waals surface area contributed by atoms with E-state index in [2.05, 4.69) is 26.6 Å². The van der Waals surface area contributed by atoms with E-state index in [0.29, 0.717) is 6.42 Å². The van der Waals surface area contributed by atoms with Gasteiger partial charge in [0.05, 0.1) is 25.3 Å². The zero-order chi connectivity index (χ0) is 15.9. The largest absolute Gasteiger partial charge is 0.379 e. The quantitative estimate of drug-likeness (QED) is 0.778. The molecule has 0 radical (unpaired) electrons. The number of nitrogens with zero attached hydrogens (tertiary/aromatic N) is 2. The molecule has 1 N–H and O–H groups in total. The Morgan fingerprint density at radius 3 is 3.00 bits per heavy atom. The van der Waals surface area contributed by atoms with E-state index in [1.165, 1.54) is 0 Å². The average Bonchev–Trinajstić information content (AvgIpc) is 3.24. The molecule has 2 aromatic rings. The number of rotatable bonds is 7. The minimum Gasteiger partial charge on any atom is -0.379 e. The fourth-order valence-electron chi connectivity index (χ4n) is 2.49. The van der Waals surface area contributed by atoms with Crippen LogP contribution in [0.4, 0.5) is 0 Å². The lowest BCUT2D eigenvalue weighted by molar-refractivity contribution is -0.120. The Balaban J connectivity index is 1.36. The molecule has 7 heteroatoms. The van der Waals surface area contributed by atoms with Crippen molar-refractivity contribution < 1.29 is 9.53 Å². The van der Waals surface area contributed by atoms with Crippen molar-refractivity contribution in [3.63, 3.8) is 0 Å².